The van der Waals surface area contributed by atoms with Crippen molar-refractivity contribution in [2.24, 2.45) is 0 Å². The third-order valence-electron chi connectivity index (χ3n) is 7.02. The largest absolute Gasteiger partial charge is 0.368 e. The standard InChI is InChI=1S/C29H27NO7/c1-33-29-23(30-26(31)20-14-8-9-15-21(20)27(30)32)25(34-16-18-10-4-2-5-11-18)24-22(36-29)17-35-28(37-24)19-12-6-3-7-13-19/h2-15,22-25,28-29H,16-17H2,1H3/t22-,23-,24-,25-,28+,29-/m1/s1. The summed E-state index contributed by atoms with van der Waals surface area (Å²) < 4.78 is 30.8. The minimum atomic E-state index is -0.926. The van der Waals surface area contributed by atoms with Gasteiger partial charge in [0, 0.05) is 12.7 Å². The zero-order valence-electron chi connectivity index (χ0n) is 20.3. The van der Waals surface area contributed by atoms with Crippen molar-refractivity contribution in [3.63, 3.8) is 0 Å². The molecule has 0 radical (unpaired) electrons. The van der Waals surface area contributed by atoms with Gasteiger partial charge in [-0.1, -0.05) is 72.8 Å². The zero-order chi connectivity index (χ0) is 25.4. The molecule has 0 unspecified atom stereocenters. The van der Waals surface area contributed by atoms with Gasteiger partial charge in [-0.25, -0.2) is 0 Å². The van der Waals surface area contributed by atoms with Gasteiger partial charge in [0.2, 0.25) is 0 Å². The maximum Gasteiger partial charge on any atom is 0.262 e. The van der Waals surface area contributed by atoms with E-state index in [1.165, 1.54) is 12.0 Å². The third kappa shape index (κ3) is 4.37. The molecular weight excluding hydrogens is 474 g/mol. The average molecular weight is 502 g/mol. The number of methoxy groups -OCH3 is 1. The summed E-state index contributed by atoms with van der Waals surface area (Å²) in [7, 11) is 1.49. The molecule has 37 heavy (non-hydrogen) atoms. The summed E-state index contributed by atoms with van der Waals surface area (Å²) in [4.78, 5) is 28.2. The first kappa shape index (κ1) is 24.0. The number of ether oxygens (including phenoxy) is 5. The second kappa shape index (κ2) is 10.2. The summed E-state index contributed by atoms with van der Waals surface area (Å²) in [6.45, 7) is 0.495. The van der Waals surface area contributed by atoms with Gasteiger partial charge in [-0.15, -0.1) is 0 Å². The molecule has 2 saturated heterocycles. The van der Waals surface area contributed by atoms with E-state index in [1.807, 2.05) is 60.7 Å². The van der Waals surface area contributed by atoms with Crippen molar-refractivity contribution in [2.45, 2.75) is 43.5 Å². The Kier molecular flexibility index (Phi) is 6.58. The fraction of sp³-hybridized carbons (Fsp3) is 0.310. The van der Waals surface area contributed by atoms with E-state index in [2.05, 4.69) is 0 Å². The van der Waals surface area contributed by atoms with Crippen LogP contribution in [0, 0.1) is 0 Å². The van der Waals surface area contributed by atoms with Crippen LogP contribution in [-0.2, 0) is 30.3 Å². The third-order valence-corrected chi connectivity index (χ3v) is 7.02. The quantitative estimate of drug-likeness (QED) is 0.476. The number of amides is 2. The number of hydrogen-bond acceptors (Lipinski definition) is 7. The molecule has 6 atom stereocenters. The second-order valence-corrected chi connectivity index (χ2v) is 9.23. The van der Waals surface area contributed by atoms with E-state index >= 15 is 0 Å². The van der Waals surface area contributed by atoms with Crippen LogP contribution in [0.1, 0.15) is 38.1 Å². The van der Waals surface area contributed by atoms with Gasteiger partial charge in [-0.3, -0.25) is 14.5 Å². The highest BCUT2D eigenvalue weighted by molar-refractivity contribution is 6.21. The molecule has 3 aliphatic rings. The minimum Gasteiger partial charge on any atom is -0.368 e. The van der Waals surface area contributed by atoms with Gasteiger partial charge in [0.15, 0.2) is 12.6 Å². The summed E-state index contributed by atoms with van der Waals surface area (Å²) in [5, 5.41) is 0. The lowest BCUT2D eigenvalue weighted by Gasteiger charge is -2.50. The molecule has 0 bridgehead atoms. The SMILES string of the molecule is CO[C@@H]1O[C@@H]2CO[C@H](c3ccccc3)O[C@H]2[C@H](OCc2ccccc2)[C@H]1N1C(=O)c2ccccc2C1=O. The van der Waals surface area contributed by atoms with Crippen LogP contribution < -0.4 is 0 Å². The van der Waals surface area contributed by atoms with E-state index in [0.29, 0.717) is 11.1 Å². The normalized spacial score (nSPS) is 29.2. The van der Waals surface area contributed by atoms with Crippen LogP contribution >= 0.6 is 0 Å². The van der Waals surface area contributed by atoms with Gasteiger partial charge in [0.1, 0.15) is 24.4 Å². The van der Waals surface area contributed by atoms with E-state index in [1.54, 1.807) is 24.3 Å². The van der Waals surface area contributed by atoms with Crippen molar-refractivity contribution in [1.82, 2.24) is 4.90 Å². The summed E-state index contributed by atoms with van der Waals surface area (Å²) >= 11 is 0. The Morgan fingerprint density at radius 2 is 1.46 bits per heavy atom. The first-order valence-corrected chi connectivity index (χ1v) is 12.3. The molecule has 190 valence electrons. The van der Waals surface area contributed by atoms with Gasteiger partial charge < -0.3 is 23.7 Å². The molecule has 0 aliphatic carbocycles. The maximum absolute atomic E-state index is 13.5. The molecular formula is C29H27NO7. The highest BCUT2D eigenvalue weighted by Gasteiger charge is 2.56. The van der Waals surface area contributed by atoms with E-state index in [0.717, 1.165) is 11.1 Å². The molecule has 0 aromatic heterocycles. The molecule has 2 fully saturated rings. The predicted octanol–water partition coefficient (Wildman–Crippen LogP) is 3.72. The molecule has 8 nitrogen and oxygen atoms in total. The van der Waals surface area contributed by atoms with Crippen molar-refractivity contribution >= 4 is 11.8 Å². The van der Waals surface area contributed by atoms with Crippen LogP contribution in [0.15, 0.2) is 84.9 Å². The van der Waals surface area contributed by atoms with E-state index in [9.17, 15) is 9.59 Å². The number of imide groups is 1. The summed E-state index contributed by atoms with van der Waals surface area (Å²) in [5.74, 6) is -0.815. The van der Waals surface area contributed by atoms with Crippen molar-refractivity contribution < 1.29 is 33.3 Å². The number of rotatable bonds is 6. The number of carbonyl (C=O) groups is 2. The van der Waals surface area contributed by atoms with Gasteiger partial charge in [-0.05, 0) is 17.7 Å². The Bertz CT molecular complexity index is 1230. The fourth-order valence-electron chi connectivity index (χ4n) is 5.24. The van der Waals surface area contributed by atoms with Crippen molar-refractivity contribution in [3.05, 3.63) is 107 Å². The van der Waals surface area contributed by atoms with Crippen molar-refractivity contribution in [3.8, 4) is 0 Å². The highest BCUT2D eigenvalue weighted by atomic mass is 16.7. The highest BCUT2D eigenvalue weighted by Crippen LogP contribution is 2.39. The smallest absolute Gasteiger partial charge is 0.262 e. The lowest BCUT2D eigenvalue weighted by molar-refractivity contribution is -0.351. The van der Waals surface area contributed by atoms with Crippen LogP contribution in [-0.4, -0.2) is 61.1 Å². The minimum absolute atomic E-state index is 0.240. The van der Waals surface area contributed by atoms with Crippen LogP contribution in [0.3, 0.4) is 0 Å². The molecule has 3 aromatic carbocycles. The first-order valence-electron chi connectivity index (χ1n) is 12.3. The molecule has 3 aromatic rings. The Morgan fingerprint density at radius 3 is 2.11 bits per heavy atom. The van der Waals surface area contributed by atoms with Gasteiger partial charge in [0.25, 0.3) is 11.8 Å². The maximum atomic E-state index is 13.5. The monoisotopic (exact) mass is 501 g/mol. The number of hydrogen-bond donors (Lipinski definition) is 0. The predicted molar refractivity (Wildman–Crippen MR) is 131 cm³/mol. The molecule has 2 amide bonds. The Labute approximate surface area is 214 Å². The van der Waals surface area contributed by atoms with Crippen molar-refractivity contribution in [1.29, 1.82) is 0 Å². The molecule has 0 spiro atoms. The first-order chi connectivity index (χ1) is 18.2. The van der Waals surface area contributed by atoms with Crippen LogP contribution in [0.2, 0.25) is 0 Å². The lowest BCUT2D eigenvalue weighted by Crippen LogP contribution is -2.68. The fourth-order valence-corrected chi connectivity index (χ4v) is 5.24. The van der Waals surface area contributed by atoms with Gasteiger partial charge in [-0.2, -0.15) is 0 Å². The lowest BCUT2D eigenvalue weighted by atomic mass is 9.94. The molecule has 6 rings (SSSR count). The molecule has 3 aliphatic heterocycles. The van der Waals surface area contributed by atoms with E-state index < -0.39 is 48.7 Å². The average Bonchev–Trinajstić information content (AvgIpc) is 3.21. The van der Waals surface area contributed by atoms with Crippen LogP contribution in [0.5, 0.6) is 0 Å². The molecule has 8 heteroatoms. The van der Waals surface area contributed by atoms with E-state index in [4.69, 9.17) is 23.7 Å². The van der Waals surface area contributed by atoms with Crippen LogP contribution in [0.4, 0.5) is 0 Å². The number of carbonyl (C=O) groups excluding carboxylic acids is 2. The van der Waals surface area contributed by atoms with Gasteiger partial charge in [0.05, 0.1) is 24.3 Å². The molecule has 0 saturated carbocycles. The Balaban J connectivity index is 1.37. The van der Waals surface area contributed by atoms with Crippen LogP contribution in [0.25, 0.3) is 0 Å². The van der Waals surface area contributed by atoms with Crippen molar-refractivity contribution in [2.75, 3.05) is 13.7 Å². The topological polar surface area (TPSA) is 83.5 Å². The Morgan fingerprint density at radius 1 is 0.838 bits per heavy atom. The number of fused-ring (bicyclic) bond motifs is 2. The summed E-state index contributed by atoms with van der Waals surface area (Å²) in [5.41, 5.74) is 2.50. The number of nitrogens with zero attached hydrogens (tertiary/aromatic N) is 1. The zero-order valence-corrected chi connectivity index (χ0v) is 20.3. The van der Waals surface area contributed by atoms with E-state index in [-0.39, 0.29) is 13.2 Å². The van der Waals surface area contributed by atoms with Gasteiger partial charge >= 0.3 is 0 Å². The summed E-state index contributed by atoms with van der Waals surface area (Å²) in [6.07, 6.45) is -3.44. The molecule has 3 heterocycles. The second-order valence-electron chi connectivity index (χ2n) is 9.23. The number of benzene rings is 3. The molecule has 0 N–H and O–H groups in total. The summed E-state index contributed by atoms with van der Waals surface area (Å²) in [6, 6.07) is 25.2. The Hall–Kier alpha value is -3.40.